The van der Waals surface area contributed by atoms with Crippen molar-refractivity contribution in [1.29, 1.82) is 0 Å². The van der Waals surface area contributed by atoms with Crippen molar-refractivity contribution in [2.75, 3.05) is 18.6 Å². The number of esters is 1. The standard InChI is InChI=1S/C18H18N2O2/c1-22-17(21)16(13-5-4-10-19-11-13)20-12-18(8-9-18)14-6-2-3-7-15(14)20/h2-7,10-11,16H,8-9,12H2,1H3/t16-/m0/s1. The highest BCUT2D eigenvalue weighted by atomic mass is 16.5. The molecule has 0 bridgehead atoms. The van der Waals surface area contributed by atoms with Crippen LogP contribution in [0.5, 0.6) is 0 Å². The molecule has 1 aromatic carbocycles. The van der Waals surface area contributed by atoms with E-state index in [0.29, 0.717) is 0 Å². The topological polar surface area (TPSA) is 42.4 Å². The maximum absolute atomic E-state index is 12.4. The molecule has 0 radical (unpaired) electrons. The SMILES string of the molecule is COC(=O)[C@H](c1cccnc1)N1CC2(CC2)c2ccccc21. The number of benzene rings is 1. The number of methoxy groups -OCH3 is 1. The molecule has 1 aliphatic heterocycles. The van der Waals surface area contributed by atoms with E-state index in [9.17, 15) is 4.79 Å². The number of ether oxygens (including phenoxy) is 1. The summed E-state index contributed by atoms with van der Waals surface area (Å²) in [5, 5.41) is 0. The van der Waals surface area contributed by atoms with Crippen LogP contribution in [0.25, 0.3) is 0 Å². The first-order chi connectivity index (χ1) is 10.7. The number of pyridine rings is 1. The number of carbonyl (C=O) groups excluding carboxylic acids is 1. The fourth-order valence-electron chi connectivity index (χ4n) is 3.57. The minimum absolute atomic E-state index is 0.236. The van der Waals surface area contributed by atoms with Gasteiger partial charge in [0.15, 0.2) is 6.04 Å². The van der Waals surface area contributed by atoms with Crippen molar-refractivity contribution in [1.82, 2.24) is 4.98 Å². The lowest BCUT2D eigenvalue weighted by molar-refractivity contribution is -0.142. The van der Waals surface area contributed by atoms with Gasteiger partial charge in [-0.25, -0.2) is 4.79 Å². The molecule has 1 spiro atoms. The molecule has 112 valence electrons. The van der Waals surface area contributed by atoms with Crippen LogP contribution < -0.4 is 4.90 Å². The van der Waals surface area contributed by atoms with E-state index in [2.05, 4.69) is 28.1 Å². The lowest BCUT2D eigenvalue weighted by Gasteiger charge is -2.28. The Morgan fingerprint density at radius 2 is 2.09 bits per heavy atom. The second-order valence-electron chi connectivity index (χ2n) is 6.14. The Hall–Kier alpha value is -2.36. The molecule has 2 heterocycles. The lowest BCUT2D eigenvalue weighted by Crippen LogP contribution is -2.35. The van der Waals surface area contributed by atoms with E-state index in [1.165, 1.54) is 25.5 Å². The first-order valence-electron chi connectivity index (χ1n) is 7.59. The highest BCUT2D eigenvalue weighted by Gasteiger charge is 2.53. The monoisotopic (exact) mass is 294 g/mol. The van der Waals surface area contributed by atoms with Crippen molar-refractivity contribution in [3.63, 3.8) is 0 Å². The van der Waals surface area contributed by atoms with E-state index >= 15 is 0 Å². The predicted molar refractivity (Wildman–Crippen MR) is 83.7 cm³/mol. The van der Waals surface area contributed by atoms with Gasteiger partial charge in [0.25, 0.3) is 0 Å². The summed E-state index contributed by atoms with van der Waals surface area (Å²) in [5.41, 5.74) is 3.64. The van der Waals surface area contributed by atoms with Gasteiger partial charge in [0.1, 0.15) is 0 Å². The zero-order valence-corrected chi connectivity index (χ0v) is 12.5. The Morgan fingerprint density at radius 1 is 1.27 bits per heavy atom. The van der Waals surface area contributed by atoms with E-state index < -0.39 is 6.04 Å². The molecule has 22 heavy (non-hydrogen) atoms. The number of rotatable bonds is 3. The summed E-state index contributed by atoms with van der Waals surface area (Å²) in [7, 11) is 1.45. The number of carbonyl (C=O) groups is 1. The number of fused-ring (bicyclic) bond motifs is 2. The summed E-state index contributed by atoms with van der Waals surface area (Å²) in [6, 6.07) is 11.8. The maximum Gasteiger partial charge on any atom is 0.333 e. The van der Waals surface area contributed by atoms with Crippen molar-refractivity contribution >= 4 is 11.7 Å². The fraction of sp³-hybridized carbons (Fsp3) is 0.333. The zero-order chi connectivity index (χ0) is 15.2. The largest absolute Gasteiger partial charge is 0.467 e. The Morgan fingerprint density at radius 3 is 2.77 bits per heavy atom. The molecule has 0 amide bonds. The van der Waals surface area contributed by atoms with Gasteiger partial charge in [-0.1, -0.05) is 24.3 Å². The molecule has 0 N–H and O–H groups in total. The maximum atomic E-state index is 12.4. The molecule has 1 fully saturated rings. The van der Waals surface area contributed by atoms with Gasteiger partial charge in [-0.3, -0.25) is 4.98 Å². The van der Waals surface area contributed by atoms with Crippen LogP contribution in [-0.2, 0) is 14.9 Å². The van der Waals surface area contributed by atoms with E-state index in [0.717, 1.165) is 17.8 Å². The van der Waals surface area contributed by atoms with Gasteiger partial charge in [-0.2, -0.15) is 0 Å². The van der Waals surface area contributed by atoms with Crippen LogP contribution in [0.3, 0.4) is 0 Å². The summed E-state index contributed by atoms with van der Waals surface area (Å²) in [6.07, 6.45) is 5.86. The van der Waals surface area contributed by atoms with Gasteiger partial charge >= 0.3 is 5.97 Å². The van der Waals surface area contributed by atoms with E-state index in [1.54, 1.807) is 12.4 Å². The molecule has 2 aromatic rings. The van der Waals surface area contributed by atoms with Crippen LogP contribution >= 0.6 is 0 Å². The van der Waals surface area contributed by atoms with Gasteiger partial charge in [-0.05, 0) is 30.5 Å². The van der Waals surface area contributed by atoms with Gasteiger partial charge in [0.2, 0.25) is 0 Å². The third-order valence-corrected chi connectivity index (χ3v) is 4.85. The number of anilines is 1. The molecule has 0 saturated heterocycles. The fourth-order valence-corrected chi connectivity index (χ4v) is 3.57. The molecule has 1 saturated carbocycles. The number of hydrogen-bond acceptors (Lipinski definition) is 4. The molecular weight excluding hydrogens is 276 g/mol. The molecule has 1 aliphatic carbocycles. The highest BCUT2D eigenvalue weighted by Crippen LogP contribution is 2.57. The van der Waals surface area contributed by atoms with Crippen LogP contribution in [0.1, 0.15) is 30.0 Å². The average molecular weight is 294 g/mol. The van der Waals surface area contributed by atoms with Crippen molar-refractivity contribution in [2.45, 2.75) is 24.3 Å². The van der Waals surface area contributed by atoms with Gasteiger partial charge in [0.05, 0.1) is 7.11 Å². The van der Waals surface area contributed by atoms with Gasteiger partial charge in [0, 0.05) is 35.6 Å². The van der Waals surface area contributed by atoms with Crippen LogP contribution in [0.2, 0.25) is 0 Å². The molecule has 2 aliphatic rings. The molecule has 1 atom stereocenters. The molecule has 4 nitrogen and oxygen atoms in total. The third-order valence-electron chi connectivity index (χ3n) is 4.85. The average Bonchev–Trinajstić information content (AvgIpc) is 3.28. The highest BCUT2D eigenvalue weighted by molar-refractivity contribution is 5.84. The number of nitrogens with zero attached hydrogens (tertiary/aromatic N) is 2. The second kappa shape index (κ2) is 4.83. The summed E-state index contributed by atoms with van der Waals surface area (Å²) < 4.78 is 5.07. The number of para-hydroxylation sites is 1. The Bertz CT molecular complexity index is 710. The van der Waals surface area contributed by atoms with Crippen LogP contribution in [-0.4, -0.2) is 24.6 Å². The summed E-state index contributed by atoms with van der Waals surface area (Å²) in [6.45, 7) is 0.876. The predicted octanol–water partition coefficient (Wildman–Crippen LogP) is 2.85. The van der Waals surface area contributed by atoms with Crippen LogP contribution in [0.15, 0.2) is 48.8 Å². The smallest absolute Gasteiger partial charge is 0.333 e. The molecule has 1 aromatic heterocycles. The first kappa shape index (κ1) is 13.3. The van der Waals surface area contributed by atoms with E-state index in [4.69, 9.17) is 4.74 Å². The van der Waals surface area contributed by atoms with Crippen molar-refractivity contribution in [3.05, 3.63) is 59.9 Å². The minimum Gasteiger partial charge on any atom is -0.467 e. The van der Waals surface area contributed by atoms with Crippen molar-refractivity contribution in [2.24, 2.45) is 0 Å². The Balaban J connectivity index is 1.80. The summed E-state index contributed by atoms with van der Waals surface area (Å²) >= 11 is 0. The molecular formula is C18H18N2O2. The zero-order valence-electron chi connectivity index (χ0n) is 12.5. The van der Waals surface area contributed by atoms with Crippen molar-refractivity contribution in [3.8, 4) is 0 Å². The normalized spacial score (nSPS) is 18.9. The van der Waals surface area contributed by atoms with Gasteiger partial charge in [-0.15, -0.1) is 0 Å². The summed E-state index contributed by atoms with van der Waals surface area (Å²) in [5.74, 6) is -0.236. The lowest BCUT2D eigenvalue weighted by atomic mass is 9.99. The van der Waals surface area contributed by atoms with Crippen LogP contribution in [0.4, 0.5) is 5.69 Å². The Kier molecular flexibility index (Phi) is 2.93. The first-order valence-corrected chi connectivity index (χ1v) is 7.59. The Labute approximate surface area is 129 Å². The van der Waals surface area contributed by atoms with Gasteiger partial charge < -0.3 is 9.64 Å². The molecule has 0 unspecified atom stereocenters. The minimum atomic E-state index is -0.431. The molecule has 4 rings (SSSR count). The van der Waals surface area contributed by atoms with Crippen LogP contribution in [0, 0.1) is 0 Å². The quantitative estimate of drug-likeness (QED) is 0.816. The second-order valence-corrected chi connectivity index (χ2v) is 6.14. The number of hydrogen-bond donors (Lipinski definition) is 0. The van der Waals surface area contributed by atoms with E-state index in [1.807, 2.05) is 18.2 Å². The molecule has 4 heteroatoms. The summed E-state index contributed by atoms with van der Waals surface area (Å²) in [4.78, 5) is 18.8. The number of aromatic nitrogens is 1. The van der Waals surface area contributed by atoms with E-state index in [-0.39, 0.29) is 11.4 Å². The van der Waals surface area contributed by atoms with Crippen molar-refractivity contribution < 1.29 is 9.53 Å². The third kappa shape index (κ3) is 1.90.